The second-order valence-corrected chi connectivity index (χ2v) is 7.55. The van der Waals surface area contributed by atoms with Gasteiger partial charge in [0.1, 0.15) is 12.6 Å². The molecule has 0 saturated heterocycles. The summed E-state index contributed by atoms with van der Waals surface area (Å²) in [5, 5.41) is 17.9. The first-order chi connectivity index (χ1) is 16.6. The summed E-state index contributed by atoms with van der Waals surface area (Å²) in [6, 6.07) is 24.5. The van der Waals surface area contributed by atoms with Crippen molar-refractivity contribution in [2.45, 2.75) is 19.1 Å². The van der Waals surface area contributed by atoms with Gasteiger partial charge < -0.3 is 14.6 Å². The monoisotopic (exact) mass is 458 g/mol. The van der Waals surface area contributed by atoms with E-state index in [9.17, 15) is 14.9 Å². The van der Waals surface area contributed by atoms with Gasteiger partial charge in [-0.25, -0.2) is 0 Å². The third-order valence-electron chi connectivity index (χ3n) is 5.02. The molecule has 1 atom stereocenters. The van der Waals surface area contributed by atoms with E-state index in [4.69, 9.17) is 9.26 Å². The van der Waals surface area contributed by atoms with Crippen LogP contribution in [0.3, 0.4) is 0 Å². The maximum absolute atomic E-state index is 12.6. The van der Waals surface area contributed by atoms with Gasteiger partial charge in [-0.05, 0) is 11.1 Å². The van der Waals surface area contributed by atoms with E-state index in [0.29, 0.717) is 18.6 Å². The second kappa shape index (κ2) is 11.0. The van der Waals surface area contributed by atoms with Gasteiger partial charge in [0.05, 0.1) is 11.5 Å². The highest BCUT2D eigenvalue weighted by molar-refractivity contribution is 5.77. The Morgan fingerprint density at radius 1 is 1.00 bits per heavy atom. The van der Waals surface area contributed by atoms with Gasteiger partial charge in [0.15, 0.2) is 0 Å². The number of nitrogens with one attached hydrogen (secondary N) is 1. The van der Waals surface area contributed by atoms with Crippen LogP contribution in [0.2, 0.25) is 0 Å². The third-order valence-corrected chi connectivity index (χ3v) is 5.02. The normalized spacial score (nSPS) is 11.6. The molecule has 1 aromatic heterocycles. The molecule has 0 radical (unpaired) electrons. The predicted molar refractivity (Wildman–Crippen MR) is 124 cm³/mol. The van der Waals surface area contributed by atoms with Crippen LogP contribution in [0, 0.1) is 10.1 Å². The number of carbonyl (C=O) groups excluding carboxylic acids is 1. The highest BCUT2D eigenvalue weighted by Gasteiger charge is 2.23. The number of hydrogen-bond acceptors (Lipinski definition) is 7. The lowest BCUT2D eigenvalue weighted by atomic mass is 10.1. The molecule has 9 nitrogen and oxygen atoms in total. The number of nitro benzene ring substituents is 1. The Kier molecular flexibility index (Phi) is 7.36. The molecule has 0 saturated carbocycles. The number of aromatic nitrogens is 2. The fraction of sp³-hybridized carbons (Fsp3) is 0.160. The van der Waals surface area contributed by atoms with Crippen LogP contribution in [0.5, 0.6) is 0 Å². The van der Waals surface area contributed by atoms with Crippen molar-refractivity contribution in [2.24, 2.45) is 0 Å². The lowest BCUT2D eigenvalue weighted by molar-refractivity contribution is -0.384. The molecule has 3 aromatic carbocycles. The maximum atomic E-state index is 12.6. The Morgan fingerprint density at radius 3 is 2.41 bits per heavy atom. The lowest BCUT2D eigenvalue weighted by Crippen LogP contribution is -2.33. The quantitative estimate of drug-likeness (QED) is 0.278. The molecule has 0 aliphatic carbocycles. The number of nitro groups is 1. The summed E-state index contributed by atoms with van der Waals surface area (Å²) in [7, 11) is 0. The highest BCUT2D eigenvalue weighted by atomic mass is 16.6. The van der Waals surface area contributed by atoms with E-state index in [1.54, 1.807) is 12.1 Å². The van der Waals surface area contributed by atoms with Crippen molar-refractivity contribution in [3.05, 3.63) is 112 Å². The topological polar surface area (TPSA) is 120 Å². The number of rotatable bonds is 10. The van der Waals surface area contributed by atoms with E-state index >= 15 is 0 Å². The summed E-state index contributed by atoms with van der Waals surface area (Å²) >= 11 is 0. The van der Waals surface area contributed by atoms with E-state index in [2.05, 4.69) is 15.5 Å². The molecule has 0 bridgehead atoms. The van der Waals surface area contributed by atoms with E-state index in [0.717, 1.165) is 11.1 Å². The molecular weight excluding hydrogens is 436 g/mol. The number of carbonyl (C=O) groups is 1. The van der Waals surface area contributed by atoms with E-state index in [1.807, 2.05) is 60.7 Å². The summed E-state index contributed by atoms with van der Waals surface area (Å²) < 4.78 is 11.0. The molecule has 9 heteroatoms. The zero-order valence-corrected chi connectivity index (χ0v) is 18.2. The minimum Gasteiger partial charge on any atom is -0.367 e. The van der Waals surface area contributed by atoms with E-state index in [-0.39, 0.29) is 29.9 Å². The lowest BCUT2D eigenvalue weighted by Gasteiger charge is -2.15. The van der Waals surface area contributed by atoms with Gasteiger partial charge in [0, 0.05) is 24.1 Å². The Hall–Kier alpha value is -4.37. The molecule has 172 valence electrons. The van der Waals surface area contributed by atoms with Gasteiger partial charge in [-0.15, -0.1) is 0 Å². The zero-order chi connectivity index (χ0) is 23.8. The van der Waals surface area contributed by atoms with Crippen molar-refractivity contribution in [1.29, 1.82) is 0 Å². The van der Waals surface area contributed by atoms with Crippen molar-refractivity contribution in [3.8, 4) is 11.4 Å². The minimum atomic E-state index is -0.602. The molecule has 1 N–H and O–H groups in total. The summed E-state index contributed by atoms with van der Waals surface area (Å²) in [4.78, 5) is 27.6. The Morgan fingerprint density at radius 2 is 1.71 bits per heavy atom. The fourth-order valence-electron chi connectivity index (χ4n) is 3.37. The smallest absolute Gasteiger partial charge is 0.270 e. The number of ether oxygens (including phenoxy) is 1. The van der Waals surface area contributed by atoms with Crippen LogP contribution in [-0.2, 0) is 22.6 Å². The molecule has 0 fully saturated rings. The Balaban J connectivity index is 1.48. The van der Waals surface area contributed by atoms with Crippen LogP contribution < -0.4 is 5.32 Å². The number of benzene rings is 3. The standard InChI is InChI=1S/C25H22N4O5/c30-23(17-33-16-19-10-5-2-6-11-19)26-22(14-18-8-3-1-4-9-18)25-27-24(28-34-25)20-12-7-13-21(15-20)29(31)32/h1-13,15,22H,14,16-17H2,(H,26,30). The zero-order valence-electron chi connectivity index (χ0n) is 18.2. The second-order valence-electron chi connectivity index (χ2n) is 7.55. The van der Waals surface area contributed by atoms with E-state index < -0.39 is 11.0 Å². The van der Waals surface area contributed by atoms with Crippen LogP contribution in [0.4, 0.5) is 5.69 Å². The first-order valence-corrected chi connectivity index (χ1v) is 10.6. The SMILES string of the molecule is O=C(COCc1ccccc1)NC(Cc1ccccc1)c1nc(-c2cccc([N+](=O)[O-])c2)no1. The predicted octanol–water partition coefficient (Wildman–Crippen LogP) is 4.26. The van der Waals surface area contributed by atoms with Gasteiger partial charge in [0.2, 0.25) is 17.6 Å². The summed E-state index contributed by atoms with van der Waals surface area (Å²) in [5.41, 5.74) is 2.30. The number of amides is 1. The third kappa shape index (κ3) is 6.11. The highest BCUT2D eigenvalue weighted by Crippen LogP contribution is 2.24. The van der Waals surface area contributed by atoms with E-state index in [1.165, 1.54) is 12.1 Å². The number of hydrogen-bond donors (Lipinski definition) is 1. The summed E-state index contributed by atoms with van der Waals surface area (Å²) in [5.74, 6) is 0.0695. The van der Waals surface area contributed by atoms with Crippen molar-refractivity contribution >= 4 is 11.6 Å². The van der Waals surface area contributed by atoms with Gasteiger partial charge in [0.25, 0.3) is 5.69 Å². The average Bonchev–Trinajstić information content (AvgIpc) is 3.35. The first kappa shape index (κ1) is 22.8. The van der Waals surface area contributed by atoms with Crippen LogP contribution in [0.25, 0.3) is 11.4 Å². The largest absolute Gasteiger partial charge is 0.367 e. The number of non-ortho nitro benzene ring substituents is 1. The van der Waals surface area contributed by atoms with Crippen molar-refractivity contribution in [2.75, 3.05) is 6.61 Å². The molecule has 1 unspecified atom stereocenters. The molecule has 1 heterocycles. The van der Waals surface area contributed by atoms with Crippen molar-refractivity contribution in [3.63, 3.8) is 0 Å². The van der Waals surface area contributed by atoms with Crippen molar-refractivity contribution in [1.82, 2.24) is 15.5 Å². The van der Waals surface area contributed by atoms with Crippen LogP contribution >= 0.6 is 0 Å². The fourth-order valence-corrected chi connectivity index (χ4v) is 3.37. The summed E-state index contributed by atoms with van der Waals surface area (Å²) in [6.45, 7) is 0.182. The van der Waals surface area contributed by atoms with Crippen molar-refractivity contribution < 1.29 is 19.0 Å². The minimum absolute atomic E-state index is 0.0754. The number of nitrogens with zero attached hydrogens (tertiary/aromatic N) is 3. The Labute approximate surface area is 195 Å². The van der Waals surface area contributed by atoms with Gasteiger partial charge in [-0.3, -0.25) is 14.9 Å². The molecule has 34 heavy (non-hydrogen) atoms. The van der Waals surface area contributed by atoms with Crippen LogP contribution in [-0.4, -0.2) is 27.6 Å². The Bertz CT molecular complexity index is 1240. The molecule has 4 rings (SSSR count). The van der Waals surface area contributed by atoms with Crippen LogP contribution in [0.1, 0.15) is 23.1 Å². The summed E-state index contributed by atoms with van der Waals surface area (Å²) in [6.07, 6.45) is 0.418. The van der Waals surface area contributed by atoms with Gasteiger partial charge >= 0.3 is 0 Å². The molecule has 0 spiro atoms. The molecule has 0 aliphatic heterocycles. The van der Waals surface area contributed by atoms with Gasteiger partial charge in [-0.2, -0.15) is 4.98 Å². The van der Waals surface area contributed by atoms with Crippen LogP contribution in [0.15, 0.2) is 89.5 Å². The average molecular weight is 458 g/mol. The molecule has 0 aliphatic rings. The maximum Gasteiger partial charge on any atom is 0.270 e. The molecule has 1 amide bonds. The molecular formula is C25H22N4O5. The molecule has 4 aromatic rings. The van der Waals surface area contributed by atoms with Gasteiger partial charge in [-0.1, -0.05) is 78.0 Å². The first-order valence-electron chi connectivity index (χ1n) is 10.6.